The summed E-state index contributed by atoms with van der Waals surface area (Å²) in [6.45, 7) is 3.27. The van der Waals surface area contributed by atoms with E-state index in [1.54, 1.807) is 19.2 Å². The first kappa shape index (κ1) is 19.3. The number of benzene rings is 2. The number of pyridine rings is 1. The molecule has 1 aromatic heterocycles. The van der Waals surface area contributed by atoms with Crippen LogP contribution in [0.2, 0.25) is 0 Å². The maximum atomic E-state index is 12.7. The molecule has 0 saturated carbocycles. The number of carbonyl (C=O) groups is 1. The quantitative estimate of drug-likeness (QED) is 0.639. The van der Waals surface area contributed by atoms with Crippen LogP contribution in [0.4, 0.5) is 0 Å². The average Bonchev–Trinajstić information content (AvgIpc) is 2.75. The number of methoxy groups -OCH3 is 1. The van der Waals surface area contributed by atoms with E-state index in [2.05, 4.69) is 16.4 Å². The van der Waals surface area contributed by atoms with Crippen molar-refractivity contribution in [3.63, 3.8) is 0 Å². The first-order chi connectivity index (χ1) is 13.7. The van der Waals surface area contributed by atoms with Crippen molar-refractivity contribution >= 4 is 16.7 Å². The highest BCUT2D eigenvalue weighted by Gasteiger charge is 2.20. The second-order valence-electron chi connectivity index (χ2n) is 6.03. The van der Waals surface area contributed by atoms with Crippen molar-refractivity contribution < 1.29 is 14.3 Å². The zero-order valence-electron chi connectivity index (χ0n) is 15.9. The fourth-order valence-electron chi connectivity index (χ4n) is 3.03. The van der Waals surface area contributed by atoms with E-state index in [0.717, 1.165) is 10.9 Å². The molecule has 0 radical (unpaired) electrons. The highest BCUT2D eigenvalue weighted by molar-refractivity contribution is 6.10. The van der Waals surface area contributed by atoms with Gasteiger partial charge in [-0.25, -0.2) is 4.98 Å². The Hall–Kier alpha value is -3.43. The molecule has 0 aliphatic rings. The highest BCUT2D eigenvalue weighted by atomic mass is 16.5. The Bertz CT molecular complexity index is 1030. The predicted molar refractivity (Wildman–Crippen MR) is 107 cm³/mol. The van der Waals surface area contributed by atoms with Gasteiger partial charge in [-0.3, -0.25) is 4.79 Å². The monoisotopic (exact) mass is 375 g/mol. The molecular formula is C22H21N3O3. The van der Waals surface area contributed by atoms with Crippen LogP contribution in [-0.4, -0.2) is 37.8 Å². The summed E-state index contributed by atoms with van der Waals surface area (Å²) in [6.07, 6.45) is 0. The molecule has 0 aliphatic carbocycles. The molecule has 1 N–H and O–H groups in total. The maximum Gasteiger partial charge on any atom is 0.270 e. The summed E-state index contributed by atoms with van der Waals surface area (Å²) in [5.41, 5.74) is 1.95. The minimum atomic E-state index is -0.342. The van der Waals surface area contributed by atoms with Gasteiger partial charge in [0.15, 0.2) is 0 Å². The lowest BCUT2D eigenvalue weighted by atomic mass is 9.95. The Morgan fingerprint density at radius 2 is 1.96 bits per heavy atom. The predicted octanol–water partition coefficient (Wildman–Crippen LogP) is 3.55. The van der Waals surface area contributed by atoms with Crippen LogP contribution in [-0.2, 0) is 4.74 Å². The van der Waals surface area contributed by atoms with Crippen molar-refractivity contribution in [2.75, 3.05) is 26.9 Å². The third-order valence-corrected chi connectivity index (χ3v) is 4.33. The number of rotatable bonds is 7. The number of amides is 1. The first-order valence-electron chi connectivity index (χ1n) is 9.02. The van der Waals surface area contributed by atoms with Gasteiger partial charge in [0.2, 0.25) is 0 Å². The van der Waals surface area contributed by atoms with Gasteiger partial charge in [0.25, 0.3) is 5.91 Å². The zero-order valence-corrected chi connectivity index (χ0v) is 15.9. The fourth-order valence-corrected chi connectivity index (χ4v) is 3.03. The molecule has 0 saturated heterocycles. The normalized spacial score (nSPS) is 10.5. The van der Waals surface area contributed by atoms with Gasteiger partial charge in [-0.15, -0.1) is 0 Å². The lowest BCUT2D eigenvalue weighted by Gasteiger charge is -2.14. The summed E-state index contributed by atoms with van der Waals surface area (Å²) in [5, 5.41) is 13.9. The number of hydrogen-bond donors (Lipinski definition) is 1. The van der Waals surface area contributed by atoms with Gasteiger partial charge < -0.3 is 14.8 Å². The number of carbonyl (C=O) groups excluding carboxylic acids is 1. The maximum absolute atomic E-state index is 12.7. The van der Waals surface area contributed by atoms with E-state index in [-0.39, 0.29) is 17.3 Å². The number of fused-ring (bicyclic) bond motifs is 1. The number of nitrogens with one attached hydrogen (secondary N) is 1. The topological polar surface area (TPSA) is 84.2 Å². The molecule has 2 aromatic carbocycles. The van der Waals surface area contributed by atoms with Crippen LogP contribution in [0.3, 0.4) is 0 Å². The lowest BCUT2D eigenvalue weighted by Crippen LogP contribution is -2.28. The third-order valence-electron chi connectivity index (χ3n) is 4.33. The number of hydrogen-bond acceptors (Lipinski definition) is 5. The highest BCUT2D eigenvalue weighted by Crippen LogP contribution is 2.34. The van der Waals surface area contributed by atoms with Crippen molar-refractivity contribution in [1.29, 1.82) is 5.26 Å². The smallest absolute Gasteiger partial charge is 0.270 e. The molecule has 6 heteroatoms. The van der Waals surface area contributed by atoms with Crippen LogP contribution in [0.1, 0.15) is 23.1 Å². The second kappa shape index (κ2) is 8.98. The summed E-state index contributed by atoms with van der Waals surface area (Å²) in [5.74, 6) is 0.299. The number of aromatic nitrogens is 1. The molecule has 3 rings (SSSR count). The van der Waals surface area contributed by atoms with Crippen molar-refractivity contribution in [3.8, 4) is 22.9 Å². The number of nitriles is 1. The van der Waals surface area contributed by atoms with E-state index < -0.39 is 0 Å². The average molecular weight is 375 g/mol. The van der Waals surface area contributed by atoms with Crippen molar-refractivity contribution in [2.24, 2.45) is 0 Å². The third kappa shape index (κ3) is 3.95. The molecule has 1 amide bonds. The lowest BCUT2D eigenvalue weighted by molar-refractivity contribution is 0.0919. The van der Waals surface area contributed by atoms with Gasteiger partial charge in [-0.1, -0.05) is 30.3 Å². The van der Waals surface area contributed by atoms with Gasteiger partial charge in [0, 0.05) is 24.1 Å². The van der Waals surface area contributed by atoms with E-state index in [9.17, 15) is 10.1 Å². The minimum absolute atomic E-state index is 0.196. The standard InChI is InChI=1S/C22H21N3O3/c1-3-28-12-11-24-22(26)21-17-10-9-16(27-2)13-18(17)20(19(14-23)25-21)15-7-5-4-6-8-15/h4-10,13H,3,11-12H2,1-2H3,(H,24,26). The Kier molecular flexibility index (Phi) is 6.20. The van der Waals surface area contributed by atoms with E-state index in [0.29, 0.717) is 36.5 Å². The molecule has 142 valence electrons. The molecule has 0 bridgehead atoms. The zero-order chi connectivity index (χ0) is 19.9. The van der Waals surface area contributed by atoms with Gasteiger partial charge >= 0.3 is 0 Å². The summed E-state index contributed by atoms with van der Waals surface area (Å²) >= 11 is 0. The molecule has 0 atom stereocenters. The molecule has 3 aromatic rings. The molecule has 28 heavy (non-hydrogen) atoms. The molecule has 0 unspecified atom stereocenters. The van der Waals surface area contributed by atoms with E-state index in [1.807, 2.05) is 43.3 Å². The molecular weight excluding hydrogens is 354 g/mol. The molecule has 1 heterocycles. The van der Waals surface area contributed by atoms with Gasteiger partial charge in [0.05, 0.1) is 13.7 Å². The van der Waals surface area contributed by atoms with Crippen molar-refractivity contribution in [1.82, 2.24) is 10.3 Å². The van der Waals surface area contributed by atoms with Crippen LogP contribution >= 0.6 is 0 Å². The van der Waals surface area contributed by atoms with Crippen molar-refractivity contribution in [3.05, 3.63) is 59.9 Å². The second-order valence-corrected chi connectivity index (χ2v) is 6.03. The fraction of sp³-hybridized carbons (Fsp3) is 0.227. The van der Waals surface area contributed by atoms with Gasteiger partial charge in [0.1, 0.15) is 23.2 Å². The van der Waals surface area contributed by atoms with E-state index in [4.69, 9.17) is 9.47 Å². The van der Waals surface area contributed by atoms with E-state index in [1.165, 1.54) is 0 Å². The largest absolute Gasteiger partial charge is 0.497 e. The Labute approximate surface area is 163 Å². The number of ether oxygens (including phenoxy) is 2. The summed E-state index contributed by atoms with van der Waals surface area (Å²) < 4.78 is 10.6. The Morgan fingerprint density at radius 1 is 1.18 bits per heavy atom. The van der Waals surface area contributed by atoms with Crippen LogP contribution in [0.25, 0.3) is 21.9 Å². The summed E-state index contributed by atoms with van der Waals surface area (Å²) in [4.78, 5) is 17.1. The molecule has 0 aliphatic heterocycles. The SMILES string of the molecule is CCOCCNC(=O)c1nc(C#N)c(-c2ccccc2)c2cc(OC)ccc12. The Balaban J connectivity index is 2.17. The van der Waals surface area contributed by atoms with Crippen molar-refractivity contribution in [2.45, 2.75) is 6.92 Å². The minimum Gasteiger partial charge on any atom is -0.497 e. The van der Waals surface area contributed by atoms with Crippen LogP contribution in [0.15, 0.2) is 48.5 Å². The molecule has 0 spiro atoms. The Morgan fingerprint density at radius 3 is 2.64 bits per heavy atom. The van der Waals surface area contributed by atoms with Gasteiger partial charge in [-0.05, 0) is 36.1 Å². The van der Waals surface area contributed by atoms with Crippen LogP contribution in [0, 0.1) is 11.3 Å². The van der Waals surface area contributed by atoms with E-state index >= 15 is 0 Å². The number of nitrogens with zero attached hydrogens (tertiary/aromatic N) is 2. The molecule has 6 nitrogen and oxygen atoms in total. The van der Waals surface area contributed by atoms with Crippen LogP contribution in [0.5, 0.6) is 5.75 Å². The molecule has 0 fully saturated rings. The van der Waals surface area contributed by atoms with Gasteiger partial charge in [-0.2, -0.15) is 5.26 Å². The first-order valence-corrected chi connectivity index (χ1v) is 9.02. The summed E-state index contributed by atoms with van der Waals surface area (Å²) in [6, 6.07) is 17.1. The summed E-state index contributed by atoms with van der Waals surface area (Å²) in [7, 11) is 1.58. The van der Waals surface area contributed by atoms with Crippen LogP contribution < -0.4 is 10.1 Å².